The predicted molar refractivity (Wildman–Crippen MR) is 249 cm³/mol. The van der Waals surface area contributed by atoms with E-state index in [-0.39, 0.29) is 47.4 Å². The Hall–Kier alpha value is -1.30. The molecule has 5 heterocycles. The van der Waals surface area contributed by atoms with Crippen LogP contribution in [0.15, 0.2) is 11.8 Å². The molecular weight excluding hydrogens is 965 g/mol. The third kappa shape index (κ3) is 10.1. The van der Waals surface area contributed by atoms with Crippen molar-refractivity contribution in [3.05, 3.63) is 11.8 Å². The molecule has 4 saturated carbocycles. The maximum Gasteiger partial charge on any atom is 0.187 e. The normalized spacial score (nSPS) is 56.0. The Morgan fingerprint density at radius 1 is 0.589 bits per heavy atom. The number of hydrogen-bond donors (Lipinski definition) is 13. The molecule has 0 aromatic heterocycles. The average molecular weight is 1050 g/mol. The number of allylic oxidation sites excluding steroid dienone is 1. The van der Waals surface area contributed by atoms with E-state index >= 15 is 0 Å². The maximum absolute atomic E-state index is 12.4. The lowest BCUT2D eigenvalue weighted by Gasteiger charge is -2.61. The zero-order chi connectivity index (χ0) is 52.8. The van der Waals surface area contributed by atoms with E-state index in [1.54, 1.807) is 0 Å². The molecule has 73 heavy (non-hydrogen) atoms. The third-order valence-electron chi connectivity index (χ3n) is 19.4. The van der Waals surface area contributed by atoms with E-state index in [2.05, 4.69) is 13.8 Å². The van der Waals surface area contributed by atoms with Crippen molar-refractivity contribution in [3.8, 4) is 0 Å². The first kappa shape index (κ1) is 56.4. The van der Waals surface area contributed by atoms with Gasteiger partial charge >= 0.3 is 0 Å². The standard InChI is InChI=1S/C51H84O22/c1-20(19-65-45-38(60)37(59)34(56)29(17-52)70-45)7-10-31-51(6,64)44-28(69-31)16-27-25-9-8-23-15-24(11-13-49(23,4)26(25)12-14-50(27,44)5)68-48-43(73-47-40(62)36(58)33(55)22(3)67-47)41(63)42(30(18-53)71-48)72-46-39(61)35(57)32(54)21(2)66-46/h10,20-30,32-48,52-64H,7-9,11-19H2,1-6H3/b31-10-/t20-,21-,22-,23-,24?,25+,26-,27-,28-,29+,30+,32-,33-,34+,35+,36+,37-,38+,39+,40+,41-,42+,43+,44-,45+,46-,47-,48+,49-,50-,51-/m0/s1. The van der Waals surface area contributed by atoms with E-state index in [1.165, 1.54) is 13.8 Å². The van der Waals surface area contributed by atoms with Crippen molar-refractivity contribution in [1.29, 1.82) is 0 Å². The molecule has 31 atom stereocenters. The number of aliphatic hydroxyl groups is 13. The lowest BCUT2D eigenvalue weighted by molar-refractivity contribution is -0.389. The van der Waals surface area contributed by atoms with Crippen molar-refractivity contribution >= 4 is 0 Å². The highest BCUT2D eigenvalue weighted by atomic mass is 16.8. The van der Waals surface area contributed by atoms with E-state index in [4.69, 9.17) is 42.6 Å². The fourth-order valence-electron chi connectivity index (χ4n) is 15.2. The van der Waals surface area contributed by atoms with Crippen molar-refractivity contribution in [2.24, 2.45) is 46.3 Å². The summed E-state index contributed by atoms with van der Waals surface area (Å²) in [5, 5.41) is 139. The lowest BCUT2D eigenvalue weighted by atomic mass is 9.44. The van der Waals surface area contributed by atoms with Crippen LogP contribution >= 0.6 is 0 Å². The zero-order valence-corrected chi connectivity index (χ0v) is 42.7. The Morgan fingerprint density at radius 3 is 1.79 bits per heavy atom. The highest BCUT2D eigenvalue weighted by molar-refractivity contribution is 5.26. The minimum atomic E-state index is -1.74. The zero-order valence-electron chi connectivity index (χ0n) is 42.7. The lowest BCUT2D eigenvalue weighted by Crippen LogP contribution is -2.66. The number of fused-ring (bicyclic) bond motifs is 7. The van der Waals surface area contributed by atoms with E-state index in [0.29, 0.717) is 42.8 Å². The van der Waals surface area contributed by atoms with Crippen LogP contribution in [-0.2, 0) is 42.6 Å². The van der Waals surface area contributed by atoms with Crippen molar-refractivity contribution in [2.75, 3.05) is 19.8 Å². The topological polar surface area (TPSA) is 346 Å². The Morgan fingerprint density at radius 2 is 1.16 bits per heavy atom. The molecule has 1 unspecified atom stereocenters. The predicted octanol–water partition coefficient (Wildman–Crippen LogP) is -1.98. The fraction of sp³-hybridized carbons (Fsp3) is 0.961. The molecule has 0 radical (unpaired) electrons. The summed E-state index contributed by atoms with van der Waals surface area (Å²) in [7, 11) is 0. The number of ether oxygens (including phenoxy) is 9. The van der Waals surface area contributed by atoms with Gasteiger partial charge in [0, 0.05) is 5.92 Å². The first-order valence-corrected chi connectivity index (χ1v) is 26.8. The van der Waals surface area contributed by atoms with Gasteiger partial charge < -0.3 is 109 Å². The van der Waals surface area contributed by atoms with Crippen LogP contribution in [0, 0.1) is 46.3 Å². The molecule has 0 spiro atoms. The molecule has 9 aliphatic rings. The van der Waals surface area contributed by atoms with E-state index in [0.717, 1.165) is 38.5 Å². The molecule has 0 bridgehead atoms. The summed E-state index contributed by atoms with van der Waals surface area (Å²) in [6.45, 7) is 10.4. The highest BCUT2D eigenvalue weighted by Gasteiger charge is 2.69. The van der Waals surface area contributed by atoms with Gasteiger partial charge in [-0.25, -0.2) is 0 Å². The fourth-order valence-corrected chi connectivity index (χ4v) is 15.2. The van der Waals surface area contributed by atoms with Crippen molar-refractivity contribution in [3.63, 3.8) is 0 Å². The first-order chi connectivity index (χ1) is 34.4. The van der Waals surface area contributed by atoms with Gasteiger partial charge in [0.25, 0.3) is 0 Å². The van der Waals surface area contributed by atoms with Crippen LogP contribution in [-0.4, -0.2) is 227 Å². The van der Waals surface area contributed by atoms with Gasteiger partial charge in [0.05, 0.1) is 38.1 Å². The molecule has 5 saturated heterocycles. The summed E-state index contributed by atoms with van der Waals surface area (Å²) in [5.74, 6) is 1.79. The monoisotopic (exact) mass is 1050 g/mol. The van der Waals surface area contributed by atoms with Gasteiger partial charge in [0.15, 0.2) is 25.2 Å². The number of rotatable bonds is 13. The van der Waals surface area contributed by atoms with Gasteiger partial charge in [0.1, 0.15) is 103 Å². The number of hydrogen-bond acceptors (Lipinski definition) is 22. The molecule has 420 valence electrons. The van der Waals surface area contributed by atoms with E-state index < -0.39 is 142 Å². The molecule has 0 aromatic carbocycles. The molecule has 22 heteroatoms. The Balaban J connectivity index is 0.844. The Labute approximate surface area is 426 Å². The molecular formula is C51H84O22. The Kier molecular flexibility index (Phi) is 16.8. The molecule has 0 aromatic rings. The van der Waals surface area contributed by atoms with Crippen LogP contribution < -0.4 is 0 Å². The van der Waals surface area contributed by atoms with E-state index in [9.17, 15) is 66.4 Å². The van der Waals surface area contributed by atoms with Crippen molar-refractivity contribution in [1.82, 2.24) is 0 Å². The van der Waals surface area contributed by atoms with Gasteiger partial charge in [-0.2, -0.15) is 0 Å². The van der Waals surface area contributed by atoms with Gasteiger partial charge in [-0.1, -0.05) is 20.8 Å². The molecule has 5 aliphatic heterocycles. The van der Waals surface area contributed by atoms with Gasteiger partial charge in [-0.05, 0) is 125 Å². The second kappa shape index (κ2) is 21.7. The molecule has 4 aliphatic carbocycles. The largest absolute Gasteiger partial charge is 0.492 e. The summed E-state index contributed by atoms with van der Waals surface area (Å²) in [6.07, 6.45) is -20.0. The van der Waals surface area contributed by atoms with Crippen LogP contribution in [0.25, 0.3) is 0 Å². The summed E-state index contributed by atoms with van der Waals surface area (Å²) >= 11 is 0. The van der Waals surface area contributed by atoms with Crippen LogP contribution in [0.4, 0.5) is 0 Å². The SMILES string of the molecule is C[C@@H](C/C=C1\O[C@H]2C[C@H]3[C@@H]4CC[C@H]5CC(O[C@@H]6O[C@H](CO)[C@@H](O[C@@H]7O[C@@H](C)[C@H](O)[C@@H](O)[C@H]7O)[C@H](O)[C@H]6O[C@@H]6O[C@@H](C)[C@H](O)[C@@H](O)[C@H]6O)CC[C@]5(C)[C@H]4CC[C@]3(C)[C@H]2[C@@]1(C)O)CO[C@@H]1O[C@H](CO)[C@@H](O)[C@H](O)[C@H]1O. The van der Waals surface area contributed by atoms with Crippen LogP contribution in [0.5, 0.6) is 0 Å². The molecule has 0 amide bonds. The summed E-state index contributed by atoms with van der Waals surface area (Å²) in [4.78, 5) is 0. The second-order valence-electron chi connectivity index (χ2n) is 24.0. The second-order valence-corrected chi connectivity index (χ2v) is 24.0. The molecule has 22 nitrogen and oxygen atoms in total. The third-order valence-corrected chi connectivity index (χ3v) is 19.4. The van der Waals surface area contributed by atoms with Crippen molar-refractivity contribution in [2.45, 2.75) is 240 Å². The molecule has 9 fully saturated rings. The highest BCUT2D eigenvalue weighted by Crippen LogP contribution is 2.71. The van der Waals surface area contributed by atoms with Crippen LogP contribution in [0.2, 0.25) is 0 Å². The minimum absolute atomic E-state index is 0.0251. The van der Waals surface area contributed by atoms with Gasteiger partial charge in [-0.15, -0.1) is 0 Å². The van der Waals surface area contributed by atoms with Crippen LogP contribution in [0.1, 0.15) is 99.3 Å². The van der Waals surface area contributed by atoms with Gasteiger partial charge in [-0.3, -0.25) is 0 Å². The molecule has 9 rings (SSSR count). The van der Waals surface area contributed by atoms with Crippen LogP contribution in [0.3, 0.4) is 0 Å². The smallest absolute Gasteiger partial charge is 0.187 e. The average Bonchev–Trinajstić information content (AvgIpc) is 3.82. The summed E-state index contributed by atoms with van der Waals surface area (Å²) in [6, 6.07) is 0. The first-order valence-electron chi connectivity index (χ1n) is 26.8. The summed E-state index contributed by atoms with van der Waals surface area (Å²) < 4.78 is 54.6. The molecule has 13 N–H and O–H groups in total. The van der Waals surface area contributed by atoms with Gasteiger partial charge in [0.2, 0.25) is 0 Å². The van der Waals surface area contributed by atoms with E-state index in [1.807, 2.05) is 19.9 Å². The van der Waals surface area contributed by atoms with Crippen molar-refractivity contribution < 1.29 is 109 Å². The Bertz CT molecular complexity index is 1900. The minimum Gasteiger partial charge on any atom is -0.492 e. The maximum atomic E-state index is 12.4. The quantitative estimate of drug-likeness (QED) is 0.0889. The number of aliphatic hydroxyl groups excluding tert-OH is 12. The summed E-state index contributed by atoms with van der Waals surface area (Å²) in [5.41, 5.74) is -1.40.